The molecule has 2 N–H and O–H groups in total. The quantitative estimate of drug-likeness (QED) is 0.876. The van der Waals surface area contributed by atoms with Crippen molar-refractivity contribution in [2.45, 2.75) is 33.6 Å². The Labute approximate surface area is 148 Å². The highest BCUT2D eigenvalue weighted by atomic mass is 16.4. The molecule has 6 nitrogen and oxygen atoms in total. The summed E-state index contributed by atoms with van der Waals surface area (Å²) in [5.41, 5.74) is 0.974. The summed E-state index contributed by atoms with van der Waals surface area (Å²) in [6.07, 6.45) is 1.29. The van der Waals surface area contributed by atoms with Crippen molar-refractivity contribution in [3.63, 3.8) is 0 Å². The fourth-order valence-electron chi connectivity index (χ4n) is 2.76. The number of nitrogens with zero attached hydrogens (tertiary/aromatic N) is 1. The molecule has 1 aromatic carbocycles. The number of nitrogens with one attached hydrogen (secondary N) is 1. The molecule has 6 heteroatoms. The zero-order valence-corrected chi connectivity index (χ0v) is 15.0. The Kier molecular flexibility index (Phi) is 5.82. The van der Waals surface area contributed by atoms with Gasteiger partial charge in [0.25, 0.3) is 11.8 Å². The Morgan fingerprint density at radius 3 is 2.32 bits per heavy atom. The van der Waals surface area contributed by atoms with Crippen LogP contribution in [0.4, 0.5) is 0 Å². The zero-order chi connectivity index (χ0) is 18.6. The van der Waals surface area contributed by atoms with E-state index in [0.717, 1.165) is 0 Å². The first kappa shape index (κ1) is 19.0. The molecule has 1 aliphatic rings. The summed E-state index contributed by atoms with van der Waals surface area (Å²) in [5, 5.41) is 12.0. The monoisotopic (exact) mass is 346 g/mol. The van der Waals surface area contributed by atoms with E-state index in [1.165, 1.54) is 0 Å². The first-order valence-electron chi connectivity index (χ1n) is 8.58. The number of carbonyl (C=O) groups excluding carboxylic acids is 2. The lowest BCUT2D eigenvalue weighted by molar-refractivity contribution is -0.143. The van der Waals surface area contributed by atoms with E-state index in [1.54, 1.807) is 29.2 Å². The van der Waals surface area contributed by atoms with Crippen LogP contribution >= 0.6 is 0 Å². The molecular weight excluding hydrogens is 320 g/mol. The van der Waals surface area contributed by atoms with Gasteiger partial charge in [0.05, 0.1) is 5.92 Å². The molecule has 1 aliphatic heterocycles. The van der Waals surface area contributed by atoms with E-state index in [0.29, 0.717) is 37.1 Å². The highest BCUT2D eigenvalue weighted by Crippen LogP contribution is 2.19. The van der Waals surface area contributed by atoms with Crippen molar-refractivity contribution in [1.82, 2.24) is 10.2 Å². The van der Waals surface area contributed by atoms with E-state index < -0.39 is 11.9 Å². The maximum absolute atomic E-state index is 12.5. The fourth-order valence-corrected chi connectivity index (χ4v) is 2.76. The number of hydrogen-bond donors (Lipinski definition) is 2. The topological polar surface area (TPSA) is 86.7 Å². The van der Waals surface area contributed by atoms with Crippen molar-refractivity contribution in [3.8, 4) is 0 Å². The lowest BCUT2D eigenvalue weighted by atomic mass is 9.96. The smallest absolute Gasteiger partial charge is 0.308 e. The van der Waals surface area contributed by atoms with Crippen LogP contribution in [0.1, 0.15) is 54.3 Å². The number of hydrogen-bond acceptors (Lipinski definition) is 3. The van der Waals surface area contributed by atoms with Crippen molar-refractivity contribution in [2.24, 2.45) is 11.3 Å². The summed E-state index contributed by atoms with van der Waals surface area (Å²) >= 11 is 0. The van der Waals surface area contributed by atoms with Crippen LogP contribution in [-0.2, 0) is 4.79 Å². The van der Waals surface area contributed by atoms with Gasteiger partial charge in [0, 0.05) is 30.8 Å². The molecule has 0 spiro atoms. The third-order valence-electron chi connectivity index (χ3n) is 4.23. The molecule has 1 atom stereocenters. The minimum atomic E-state index is -0.858. The van der Waals surface area contributed by atoms with E-state index in [2.05, 4.69) is 5.32 Å². The average Bonchev–Trinajstić information content (AvgIpc) is 2.58. The van der Waals surface area contributed by atoms with Crippen LogP contribution in [0.3, 0.4) is 0 Å². The van der Waals surface area contributed by atoms with E-state index in [1.807, 2.05) is 20.8 Å². The van der Waals surface area contributed by atoms with Gasteiger partial charge in [-0.3, -0.25) is 14.4 Å². The van der Waals surface area contributed by atoms with Crippen molar-refractivity contribution >= 4 is 17.8 Å². The predicted octanol–water partition coefficient (Wildman–Crippen LogP) is 2.40. The molecule has 0 aliphatic carbocycles. The highest BCUT2D eigenvalue weighted by molar-refractivity contribution is 5.98. The number of carboxylic acids is 1. The van der Waals surface area contributed by atoms with Crippen LogP contribution in [-0.4, -0.2) is 47.4 Å². The largest absolute Gasteiger partial charge is 0.481 e. The van der Waals surface area contributed by atoms with Crippen molar-refractivity contribution in [1.29, 1.82) is 0 Å². The van der Waals surface area contributed by atoms with Gasteiger partial charge < -0.3 is 15.3 Å². The number of carboxylic acid groups (broad SMARTS) is 1. The van der Waals surface area contributed by atoms with Crippen LogP contribution in [0.5, 0.6) is 0 Å². The Morgan fingerprint density at radius 2 is 1.76 bits per heavy atom. The van der Waals surface area contributed by atoms with Crippen molar-refractivity contribution in [3.05, 3.63) is 35.4 Å². The van der Waals surface area contributed by atoms with Crippen LogP contribution in [0.2, 0.25) is 0 Å². The Bertz CT molecular complexity index is 646. The maximum atomic E-state index is 12.5. The molecule has 136 valence electrons. The van der Waals surface area contributed by atoms with Crippen LogP contribution in [0.25, 0.3) is 0 Å². The molecule has 1 saturated heterocycles. The van der Waals surface area contributed by atoms with Gasteiger partial charge in [-0.2, -0.15) is 0 Å². The van der Waals surface area contributed by atoms with Gasteiger partial charge in [-0.15, -0.1) is 0 Å². The summed E-state index contributed by atoms with van der Waals surface area (Å²) in [6, 6.07) is 6.51. The highest BCUT2D eigenvalue weighted by Gasteiger charge is 2.28. The number of aliphatic carboxylic acids is 1. The van der Waals surface area contributed by atoms with E-state index >= 15 is 0 Å². The van der Waals surface area contributed by atoms with Gasteiger partial charge in [0.1, 0.15) is 0 Å². The molecule has 0 radical (unpaired) electrons. The van der Waals surface area contributed by atoms with E-state index in [4.69, 9.17) is 5.11 Å². The third kappa shape index (κ3) is 5.31. The van der Waals surface area contributed by atoms with Crippen molar-refractivity contribution < 1.29 is 19.5 Å². The predicted molar refractivity (Wildman–Crippen MR) is 94.5 cm³/mol. The average molecular weight is 346 g/mol. The molecule has 2 rings (SSSR count). The molecular formula is C19H26N2O4. The molecule has 25 heavy (non-hydrogen) atoms. The molecule has 0 unspecified atom stereocenters. The number of carbonyl (C=O) groups is 3. The standard InChI is InChI=1S/C19H26N2O4/c1-19(2,3)12-20-16(22)13-6-8-14(9-7-13)17(23)21-10-4-5-15(11-21)18(24)25/h6-9,15H,4-5,10-12H2,1-3H3,(H,20,22)(H,24,25)/t15-/m0/s1. The number of benzene rings is 1. The molecule has 1 fully saturated rings. The Morgan fingerprint density at radius 1 is 1.16 bits per heavy atom. The Hall–Kier alpha value is -2.37. The van der Waals surface area contributed by atoms with Gasteiger partial charge in [0.15, 0.2) is 0 Å². The first-order chi connectivity index (χ1) is 11.7. The van der Waals surface area contributed by atoms with E-state index in [9.17, 15) is 14.4 Å². The molecule has 1 aromatic rings. The fraction of sp³-hybridized carbons (Fsp3) is 0.526. The summed E-state index contributed by atoms with van der Waals surface area (Å²) in [6.45, 7) is 7.49. The van der Waals surface area contributed by atoms with Gasteiger partial charge in [-0.1, -0.05) is 20.8 Å². The summed E-state index contributed by atoms with van der Waals surface area (Å²) < 4.78 is 0. The minimum absolute atomic E-state index is 0.000506. The number of piperidine rings is 1. The van der Waals surface area contributed by atoms with Gasteiger partial charge in [0.2, 0.25) is 0 Å². The number of rotatable bonds is 4. The summed E-state index contributed by atoms with van der Waals surface area (Å²) in [5.74, 6) is -1.71. The number of amides is 2. The Balaban J connectivity index is 2.00. The maximum Gasteiger partial charge on any atom is 0.308 e. The lowest BCUT2D eigenvalue weighted by Crippen LogP contribution is -2.42. The lowest BCUT2D eigenvalue weighted by Gasteiger charge is -2.30. The molecule has 0 aromatic heterocycles. The van der Waals surface area contributed by atoms with E-state index in [-0.39, 0.29) is 23.8 Å². The minimum Gasteiger partial charge on any atom is -0.481 e. The third-order valence-corrected chi connectivity index (χ3v) is 4.23. The second-order valence-corrected chi connectivity index (χ2v) is 7.75. The van der Waals surface area contributed by atoms with Gasteiger partial charge in [-0.25, -0.2) is 0 Å². The zero-order valence-electron chi connectivity index (χ0n) is 15.0. The second-order valence-electron chi connectivity index (χ2n) is 7.75. The molecule has 2 amide bonds. The van der Waals surface area contributed by atoms with Crippen LogP contribution < -0.4 is 5.32 Å². The van der Waals surface area contributed by atoms with Crippen LogP contribution in [0, 0.1) is 11.3 Å². The normalized spacial score (nSPS) is 17.9. The summed E-state index contributed by atoms with van der Waals surface area (Å²) in [7, 11) is 0. The van der Waals surface area contributed by atoms with Crippen molar-refractivity contribution in [2.75, 3.05) is 19.6 Å². The SMILES string of the molecule is CC(C)(C)CNC(=O)c1ccc(C(=O)N2CCC[C@H](C(=O)O)C2)cc1. The van der Waals surface area contributed by atoms with Crippen LogP contribution in [0.15, 0.2) is 24.3 Å². The van der Waals surface area contributed by atoms with Gasteiger partial charge >= 0.3 is 5.97 Å². The number of likely N-dealkylation sites (tertiary alicyclic amines) is 1. The first-order valence-corrected chi connectivity index (χ1v) is 8.58. The molecule has 1 heterocycles. The molecule has 0 saturated carbocycles. The van der Waals surface area contributed by atoms with Gasteiger partial charge in [-0.05, 0) is 42.5 Å². The molecule has 0 bridgehead atoms. The summed E-state index contributed by atoms with van der Waals surface area (Å²) in [4.78, 5) is 37.4. The second kappa shape index (κ2) is 7.68.